The number of rotatable bonds is 2. The van der Waals surface area contributed by atoms with E-state index in [0.29, 0.717) is 12.0 Å². The van der Waals surface area contributed by atoms with E-state index in [1.54, 1.807) is 19.2 Å². The molecule has 1 saturated carbocycles. The largest absolute Gasteiger partial charge is 0.400 e. The maximum Gasteiger partial charge on any atom is 0.123 e. The molecule has 0 atom stereocenters. The summed E-state index contributed by atoms with van der Waals surface area (Å²) >= 11 is 0. The average molecular weight is 240 g/mol. The van der Waals surface area contributed by atoms with Crippen molar-refractivity contribution in [1.82, 2.24) is 0 Å². The highest BCUT2D eigenvalue weighted by Crippen LogP contribution is 2.33. The second-order valence-corrected chi connectivity index (χ2v) is 4.26. The molecule has 1 aromatic carbocycles. The standard InChI is InChI=1S/C13H17FO.CH4O/c1-15-13-8-4-11(5-9-13)10-2-6-12(14)7-3-10;1-2/h2-3,6-7,11,13H,4-5,8-9H2,1H3;2H,1H3. The van der Waals surface area contributed by atoms with Gasteiger partial charge >= 0.3 is 0 Å². The summed E-state index contributed by atoms with van der Waals surface area (Å²) in [5.74, 6) is 0.446. The van der Waals surface area contributed by atoms with Gasteiger partial charge in [0.25, 0.3) is 0 Å². The molecule has 0 saturated heterocycles. The molecular weight excluding hydrogens is 219 g/mol. The zero-order valence-electron chi connectivity index (χ0n) is 10.5. The van der Waals surface area contributed by atoms with Crippen molar-refractivity contribution in [2.24, 2.45) is 0 Å². The first-order chi connectivity index (χ1) is 8.29. The van der Waals surface area contributed by atoms with Crippen molar-refractivity contribution < 1.29 is 14.2 Å². The molecule has 0 unspecified atom stereocenters. The zero-order valence-corrected chi connectivity index (χ0v) is 10.5. The molecule has 1 aromatic rings. The predicted molar refractivity (Wildman–Crippen MR) is 66.5 cm³/mol. The molecule has 0 aliphatic heterocycles. The summed E-state index contributed by atoms with van der Waals surface area (Å²) in [5.41, 5.74) is 1.27. The number of hydrogen-bond donors (Lipinski definition) is 1. The molecule has 0 amide bonds. The van der Waals surface area contributed by atoms with Crippen LogP contribution in [0.15, 0.2) is 24.3 Å². The SMILES string of the molecule is CO.COC1CCC(c2ccc(F)cc2)CC1. The van der Waals surface area contributed by atoms with Crippen LogP contribution in [0, 0.1) is 5.82 Å². The van der Waals surface area contributed by atoms with E-state index in [1.807, 2.05) is 12.1 Å². The summed E-state index contributed by atoms with van der Waals surface area (Å²) in [5, 5.41) is 7.00. The Hall–Kier alpha value is -0.930. The summed E-state index contributed by atoms with van der Waals surface area (Å²) in [6, 6.07) is 6.93. The molecule has 1 N–H and O–H groups in total. The normalized spacial score (nSPS) is 23.8. The fourth-order valence-electron chi connectivity index (χ4n) is 2.37. The highest BCUT2D eigenvalue weighted by Gasteiger charge is 2.21. The van der Waals surface area contributed by atoms with Gasteiger partial charge < -0.3 is 9.84 Å². The van der Waals surface area contributed by atoms with Crippen LogP contribution in [0.4, 0.5) is 4.39 Å². The number of halogens is 1. The van der Waals surface area contributed by atoms with E-state index in [9.17, 15) is 4.39 Å². The van der Waals surface area contributed by atoms with Crippen molar-refractivity contribution in [3.8, 4) is 0 Å². The van der Waals surface area contributed by atoms with Crippen LogP contribution in [-0.2, 0) is 4.74 Å². The van der Waals surface area contributed by atoms with E-state index in [1.165, 1.54) is 5.56 Å². The Bertz CT molecular complexity index is 303. The quantitative estimate of drug-likeness (QED) is 0.860. The van der Waals surface area contributed by atoms with Crippen LogP contribution in [0.2, 0.25) is 0 Å². The van der Waals surface area contributed by atoms with Gasteiger partial charge in [-0.2, -0.15) is 0 Å². The Balaban J connectivity index is 0.000000686. The van der Waals surface area contributed by atoms with Gasteiger partial charge in [-0.05, 0) is 49.3 Å². The monoisotopic (exact) mass is 240 g/mol. The Kier molecular flexibility index (Phi) is 6.16. The van der Waals surface area contributed by atoms with Crippen LogP contribution in [0.5, 0.6) is 0 Å². The van der Waals surface area contributed by atoms with E-state index in [0.717, 1.165) is 32.8 Å². The third-order valence-corrected chi connectivity index (χ3v) is 3.35. The number of aliphatic hydroxyl groups excluding tert-OH is 1. The minimum Gasteiger partial charge on any atom is -0.400 e. The lowest BCUT2D eigenvalue weighted by atomic mass is 9.83. The van der Waals surface area contributed by atoms with E-state index >= 15 is 0 Å². The van der Waals surface area contributed by atoms with Crippen molar-refractivity contribution in [1.29, 1.82) is 0 Å². The summed E-state index contributed by atoms with van der Waals surface area (Å²) in [6.45, 7) is 0. The molecule has 2 rings (SSSR count). The van der Waals surface area contributed by atoms with Crippen LogP contribution in [0.3, 0.4) is 0 Å². The molecule has 0 aromatic heterocycles. The third kappa shape index (κ3) is 4.10. The Morgan fingerprint density at radius 3 is 2.06 bits per heavy atom. The minimum atomic E-state index is -0.149. The predicted octanol–water partition coefficient (Wildman–Crippen LogP) is 3.11. The van der Waals surface area contributed by atoms with Crippen LogP contribution < -0.4 is 0 Å². The lowest BCUT2D eigenvalue weighted by Crippen LogP contribution is -2.19. The molecule has 17 heavy (non-hydrogen) atoms. The Morgan fingerprint density at radius 2 is 1.59 bits per heavy atom. The molecule has 96 valence electrons. The van der Waals surface area contributed by atoms with Gasteiger partial charge in [0.1, 0.15) is 5.82 Å². The highest BCUT2D eigenvalue weighted by molar-refractivity contribution is 5.20. The van der Waals surface area contributed by atoms with Gasteiger partial charge in [0.15, 0.2) is 0 Å². The van der Waals surface area contributed by atoms with Crippen molar-refractivity contribution in [2.45, 2.75) is 37.7 Å². The average Bonchev–Trinajstić information content (AvgIpc) is 2.42. The summed E-state index contributed by atoms with van der Waals surface area (Å²) in [6.07, 6.45) is 4.99. The first-order valence-electron chi connectivity index (χ1n) is 6.02. The van der Waals surface area contributed by atoms with Gasteiger partial charge in [-0.3, -0.25) is 0 Å². The molecule has 1 fully saturated rings. The topological polar surface area (TPSA) is 29.5 Å². The number of hydrogen-bond acceptors (Lipinski definition) is 2. The molecule has 0 bridgehead atoms. The molecule has 0 spiro atoms. The first-order valence-corrected chi connectivity index (χ1v) is 6.02. The second kappa shape index (κ2) is 7.41. The van der Waals surface area contributed by atoms with Crippen LogP contribution in [-0.4, -0.2) is 25.4 Å². The van der Waals surface area contributed by atoms with Gasteiger partial charge in [0.05, 0.1) is 6.10 Å². The van der Waals surface area contributed by atoms with Crippen molar-refractivity contribution in [2.75, 3.05) is 14.2 Å². The van der Waals surface area contributed by atoms with E-state index in [4.69, 9.17) is 9.84 Å². The maximum atomic E-state index is 12.8. The van der Waals surface area contributed by atoms with E-state index in [2.05, 4.69) is 0 Å². The van der Waals surface area contributed by atoms with E-state index < -0.39 is 0 Å². The minimum absolute atomic E-state index is 0.149. The molecule has 1 aliphatic carbocycles. The first kappa shape index (κ1) is 14.1. The van der Waals surface area contributed by atoms with Crippen LogP contribution in [0.1, 0.15) is 37.2 Å². The number of methoxy groups -OCH3 is 1. The fraction of sp³-hybridized carbons (Fsp3) is 0.571. The summed E-state index contributed by atoms with van der Waals surface area (Å²) in [7, 11) is 2.78. The third-order valence-electron chi connectivity index (χ3n) is 3.35. The lowest BCUT2D eigenvalue weighted by Gasteiger charge is -2.27. The number of aliphatic hydroxyl groups is 1. The molecule has 1 aliphatic rings. The number of ether oxygens (including phenoxy) is 1. The molecule has 2 nitrogen and oxygen atoms in total. The van der Waals surface area contributed by atoms with Gasteiger partial charge in [-0.15, -0.1) is 0 Å². The van der Waals surface area contributed by atoms with Crippen molar-refractivity contribution in [3.63, 3.8) is 0 Å². The smallest absolute Gasteiger partial charge is 0.123 e. The lowest BCUT2D eigenvalue weighted by molar-refractivity contribution is 0.0658. The summed E-state index contributed by atoms with van der Waals surface area (Å²) < 4.78 is 18.1. The summed E-state index contributed by atoms with van der Waals surface area (Å²) in [4.78, 5) is 0. The Morgan fingerprint density at radius 1 is 1.06 bits per heavy atom. The van der Waals surface area contributed by atoms with Crippen molar-refractivity contribution >= 4 is 0 Å². The van der Waals surface area contributed by atoms with Gasteiger partial charge in [0.2, 0.25) is 0 Å². The molecule has 0 heterocycles. The Labute approximate surface area is 102 Å². The number of benzene rings is 1. The molecule has 3 heteroatoms. The zero-order chi connectivity index (χ0) is 12.7. The molecule has 0 radical (unpaired) electrons. The van der Waals surface area contributed by atoms with Gasteiger partial charge in [0, 0.05) is 14.2 Å². The van der Waals surface area contributed by atoms with Crippen molar-refractivity contribution in [3.05, 3.63) is 35.6 Å². The van der Waals surface area contributed by atoms with Gasteiger partial charge in [-0.1, -0.05) is 12.1 Å². The van der Waals surface area contributed by atoms with Crippen LogP contribution in [0.25, 0.3) is 0 Å². The molecular formula is C14H21FO2. The van der Waals surface area contributed by atoms with Gasteiger partial charge in [-0.25, -0.2) is 4.39 Å². The fourth-order valence-corrected chi connectivity index (χ4v) is 2.37. The maximum absolute atomic E-state index is 12.8. The van der Waals surface area contributed by atoms with E-state index in [-0.39, 0.29) is 5.82 Å². The second-order valence-electron chi connectivity index (χ2n) is 4.26. The van der Waals surface area contributed by atoms with Crippen LogP contribution >= 0.6 is 0 Å². The highest BCUT2D eigenvalue weighted by atomic mass is 19.1.